The largest absolute Gasteiger partial charge is 0.369 e. The molecule has 50 valence electrons. The lowest BCUT2D eigenvalue weighted by molar-refractivity contribution is 0.993. The van der Waals surface area contributed by atoms with Gasteiger partial charge in [0.1, 0.15) is 0 Å². The first-order chi connectivity index (χ1) is 4.24. The van der Waals surface area contributed by atoms with Crippen LogP contribution in [0.5, 0.6) is 0 Å². The van der Waals surface area contributed by atoms with Crippen LogP contribution in [0, 0.1) is 6.92 Å². The van der Waals surface area contributed by atoms with Gasteiger partial charge in [0.25, 0.3) is 0 Å². The molecule has 1 rings (SSSR count). The van der Waals surface area contributed by atoms with Crippen molar-refractivity contribution in [2.75, 3.05) is 5.73 Å². The molecule has 5 N–H and O–H groups in total. The van der Waals surface area contributed by atoms with Gasteiger partial charge in [0.05, 0.1) is 5.69 Å². The molecule has 0 saturated heterocycles. The smallest absolute Gasteiger partial charge is 0.197 e. The summed E-state index contributed by atoms with van der Waals surface area (Å²) in [5, 5.41) is 0. The Kier molecular flexibility index (Phi) is 1.40. The second-order valence-corrected chi connectivity index (χ2v) is 1.90. The van der Waals surface area contributed by atoms with E-state index >= 15 is 0 Å². The van der Waals surface area contributed by atoms with E-state index in [1.165, 1.54) is 0 Å². The van der Waals surface area contributed by atoms with E-state index in [0.717, 1.165) is 11.4 Å². The third-order valence-electron chi connectivity index (χ3n) is 1.20. The van der Waals surface area contributed by atoms with Crippen LogP contribution in [-0.2, 0) is 6.54 Å². The number of nitrogens with two attached hydrogens (primary N) is 2. The molecule has 0 aromatic carbocycles. The van der Waals surface area contributed by atoms with E-state index in [1.54, 1.807) is 0 Å². The van der Waals surface area contributed by atoms with Crippen LogP contribution in [-0.4, -0.2) is 9.97 Å². The first-order valence-electron chi connectivity index (χ1n) is 2.75. The molecule has 0 fully saturated rings. The predicted octanol–water partition coefficient (Wildman–Crippen LogP) is -0.241. The minimum absolute atomic E-state index is 0.438. The Balaban J connectivity index is 3.01. The Labute approximate surface area is 53.3 Å². The average molecular weight is 126 g/mol. The highest BCUT2D eigenvalue weighted by atomic mass is 15.0. The van der Waals surface area contributed by atoms with E-state index in [9.17, 15) is 0 Å². The van der Waals surface area contributed by atoms with Crippen molar-refractivity contribution in [3.8, 4) is 0 Å². The number of H-pyrrole nitrogens is 1. The summed E-state index contributed by atoms with van der Waals surface area (Å²) < 4.78 is 0. The second-order valence-electron chi connectivity index (χ2n) is 1.90. The first kappa shape index (κ1) is 6.10. The molecule has 0 aliphatic carbocycles. The standard InChI is InChI=1S/C5H10N4/c1-3-4(2-6)9-5(7)8-3/h2,6H2,1H3,(H3,7,8,9). The molecule has 0 aliphatic rings. The molecule has 0 bridgehead atoms. The number of nitrogen functional groups attached to an aromatic ring is 1. The van der Waals surface area contributed by atoms with E-state index in [-0.39, 0.29) is 0 Å². The summed E-state index contributed by atoms with van der Waals surface area (Å²) >= 11 is 0. The molecule has 4 heteroatoms. The average Bonchev–Trinajstić information content (AvgIpc) is 2.10. The molecule has 1 aromatic rings. The van der Waals surface area contributed by atoms with Gasteiger partial charge in [-0.15, -0.1) is 0 Å². The normalized spacial score (nSPS) is 10.0. The zero-order valence-electron chi connectivity index (χ0n) is 5.31. The van der Waals surface area contributed by atoms with Crippen molar-refractivity contribution in [3.05, 3.63) is 11.4 Å². The number of nitrogens with one attached hydrogen (secondary N) is 1. The number of nitrogens with zero attached hydrogens (tertiary/aromatic N) is 1. The molecule has 0 amide bonds. The summed E-state index contributed by atoms with van der Waals surface area (Å²) in [5.41, 5.74) is 12.5. The van der Waals surface area contributed by atoms with Crippen LogP contribution in [0.25, 0.3) is 0 Å². The van der Waals surface area contributed by atoms with E-state index in [4.69, 9.17) is 11.5 Å². The fraction of sp³-hybridized carbons (Fsp3) is 0.400. The summed E-state index contributed by atoms with van der Waals surface area (Å²) in [6, 6.07) is 0. The van der Waals surface area contributed by atoms with Crippen LogP contribution in [0.4, 0.5) is 5.95 Å². The molecule has 0 spiro atoms. The molecule has 4 nitrogen and oxygen atoms in total. The topological polar surface area (TPSA) is 80.7 Å². The lowest BCUT2D eigenvalue weighted by Gasteiger charge is -1.86. The summed E-state index contributed by atoms with van der Waals surface area (Å²) in [7, 11) is 0. The van der Waals surface area contributed by atoms with Crippen LogP contribution in [0.3, 0.4) is 0 Å². The van der Waals surface area contributed by atoms with Gasteiger partial charge in [-0.05, 0) is 6.92 Å². The van der Waals surface area contributed by atoms with Crippen LogP contribution in [0.15, 0.2) is 0 Å². The van der Waals surface area contributed by atoms with Crippen molar-refractivity contribution < 1.29 is 0 Å². The molecule has 0 radical (unpaired) electrons. The van der Waals surface area contributed by atoms with Crippen molar-refractivity contribution in [1.29, 1.82) is 0 Å². The van der Waals surface area contributed by atoms with Gasteiger partial charge in [-0.3, -0.25) is 0 Å². The number of aryl methyl sites for hydroxylation is 1. The molecule has 0 unspecified atom stereocenters. The van der Waals surface area contributed by atoms with Gasteiger partial charge in [0.2, 0.25) is 0 Å². The minimum atomic E-state index is 0.438. The molecular weight excluding hydrogens is 116 g/mol. The third kappa shape index (κ3) is 1.02. The van der Waals surface area contributed by atoms with Crippen molar-refractivity contribution in [3.63, 3.8) is 0 Å². The zero-order chi connectivity index (χ0) is 6.85. The highest BCUT2D eigenvalue weighted by Crippen LogP contribution is 2.03. The Bertz CT molecular complexity index is 203. The molecule has 0 saturated carbocycles. The number of imidazole rings is 1. The van der Waals surface area contributed by atoms with Crippen molar-refractivity contribution in [1.82, 2.24) is 9.97 Å². The number of anilines is 1. The molecule has 0 atom stereocenters. The predicted molar refractivity (Wildman–Crippen MR) is 35.6 cm³/mol. The van der Waals surface area contributed by atoms with Crippen LogP contribution in [0.1, 0.15) is 11.4 Å². The van der Waals surface area contributed by atoms with Crippen LogP contribution < -0.4 is 11.5 Å². The fourth-order valence-corrected chi connectivity index (χ4v) is 0.720. The number of hydrogen-bond donors (Lipinski definition) is 3. The van der Waals surface area contributed by atoms with Gasteiger partial charge in [-0.25, -0.2) is 4.98 Å². The van der Waals surface area contributed by atoms with Gasteiger partial charge >= 0.3 is 0 Å². The number of rotatable bonds is 1. The fourth-order valence-electron chi connectivity index (χ4n) is 0.720. The lowest BCUT2D eigenvalue weighted by Crippen LogP contribution is -1.98. The molecular formula is C5H10N4. The van der Waals surface area contributed by atoms with Gasteiger partial charge < -0.3 is 16.5 Å². The summed E-state index contributed by atoms with van der Waals surface area (Å²) in [6.45, 7) is 2.34. The SMILES string of the molecule is Cc1[nH]c(N)nc1CN. The van der Waals surface area contributed by atoms with E-state index in [1.807, 2.05) is 6.92 Å². The van der Waals surface area contributed by atoms with Crippen molar-refractivity contribution >= 4 is 5.95 Å². The Morgan fingerprint density at radius 3 is 2.56 bits per heavy atom. The molecule has 1 heterocycles. The van der Waals surface area contributed by atoms with Gasteiger partial charge in [-0.2, -0.15) is 0 Å². The van der Waals surface area contributed by atoms with Gasteiger partial charge in [0.15, 0.2) is 5.95 Å². The highest BCUT2D eigenvalue weighted by molar-refractivity contribution is 5.24. The van der Waals surface area contributed by atoms with Crippen molar-refractivity contribution in [2.45, 2.75) is 13.5 Å². The van der Waals surface area contributed by atoms with Crippen LogP contribution >= 0.6 is 0 Å². The van der Waals surface area contributed by atoms with E-state index in [0.29, 0.717) is 12.5 Å². The van der Waals surface area contributed by atoms with Gasteiger partial charge in [0, 0.05) is 12.2 Å². The number of aromatic nitrogens is 2. The summed E-state index contributed by atoms with van der Waals surface area (Å²) in [6.07, 6.45) is 0. The molecule has 9 heavy (non-hydrogen) atoms. The minimum Gasteiger partial charge on any atom is -0.369 e. The van der Waals surface area contributed by atoms with Crippen LogP contribution in [0.2, 0.25) is 0 Å². The third-order valence-corrected chi connectivity index (χ3v) is 1.20. The Morgan fingerprint density at radius 2 is 2.33 bits per heavy atom. The first-order valence-corrected chi connectivity index (χ1v) is 2.75. The summed E-state index contributed by atoms with van der Waals surface area (Å²) in [4.78, 5) is 6.77. The van der Waals surface area contributed by atoms with Gasteiger partial charge in [-0.1, -0.05) is 0 Å². The number of aromatic amines is 1. The highest BCUT2D eigenvalue weighted by Gasteiger charge is 1.99. The maximum Gasteiger partial charge on any atom is 0.197 e. The monoisotopic (exact) mass is 126 g/mol. The molecule has 1 aromatic heterocycles. The quantitative estimate of drug-likeness (QED) is 0.485. The van der Waals surface area contributed by atoms with E-state index < -0.39 is 0 Å². The lowest BCUT2D eigenvalue weighted by atomic mass is 10.4. The Morgan fingerprint density at radius 1 is 1.67 bits per heavy atom. The number of hydrogen-bond acceptors (Lipinski definition) is 3. The maximum atomic E-state index is 5.33. The molecule has 0 aliphatic heterocycles. The maximum absolute atomic E-state index is 5.33. The zero-order valence-corrected chi connectivity index (χ0v) is 5.31. The van der Waals surface area contributed by atoms with Crippen molar-refractivity contribution in [2.24, 2.45) is 5.73 Å². The summed E-state index contributed by atoms with van der Waals surface area (Å²) in [5.74, 6) is 0.438. The second kappa shape index (κ2) is 2.06. The van der Waals surface area contributed by atoms with E-state index in [2.05, 4.69) is 9.97 Å². The Hall–Kier alpha value is -1.03.